The lowest BCUT2D eigenvalue weighted by Gasteiger charge is -2.30. The smallest absolute Gasteiger partial charge is 0.325 e. The van der Waals surface area contributed by atoms with Gasteiger partial charge in [-0.25, -0.2) is 0 Å². The van der Waals surface area contributed by atoms with Crippen LogP contribution in [0.2, 0.25) is 0 Å². The van der Waals surface area contributed by atoms with Gasteiger partial charge in [0.25, 0.3) is 0 Å². The zero-order valence-electron chi connectivity index (χ0n) is 9.97. The van der Waals surface area contributed by atoms with E-state index in [0.29, 0.717) is 32.7 Å². The minimum atomic E-state index is -0.832. The number of carboxylic acid groups (broad SMARTS) is 1. The normalized spacial score (nSPS) is 17.4. The molecule has 0 bridgehead atoms. The first-order chi connectivity index (χ1) is 8.20. The number of carbonyl (C=O) groups is 1. The highest BCUT2D eigenvalue weighted by Crippen LogP contribution is 2.18. The fraction of sp³-hybridized carbons (Fsp3) is 0.462. The lowest BCUT2D eigenvalue weighted by Crippen LogP contribution is -2.43. The monoisotopic (exact) mass is 237 g/mol. The molecule has 0 saturated heterocycles. The summed E-state index contributed by atoms with van der Waals surface area (Å²) in [5.74, 6) is -0.832. The summed E-state index contributed by atoms with van der Waals surface area (Å²) in [6.07, 6.45) is 5.95. The van der Waals surface area contributed by atoms with Crippen molar-refractivity contribution in [3.8, 4) is 0 Å². The molecule has 1 unspecified atom stereocenters. The molecule has 1 rings (SSSR count). The third kappa shape index (κ3) is 3.84. The second kappa shape index (κ2) is 7.04. The van der Waals surface area contributed by atoms with Gasteiger partial charge in [0, 0.05) is 13.1 Å². The van der Waals surface area contributed by atoms with Crippen LogP contribution in [0.5, 0.6) is 0 Å². The first-order valence-electron chi connectivity index (χ1n) is 5.66. The van der Waals surface area contributed by atoms with Crippen LogP contribution in [0.4, 0.5) is 0 Å². The Morgan fingerprint density at radius 2 is 2.18 bits per heavy atom. The second-order valence-corrected chi connectivity index (χ2v) is 3.88. The Kier molecular flexibility index (Phi) is 5.66. The molecule has 4 nitrogen and oxygen atoms in total. The average Bonchev–Trinajstić information content (AvgIpc) is 2.31. The van der Waals surface area contributed by atoms with Crippen LogP contribution < -0.4 is 0 Å². The molecule has 0 aromatic heterocycles. The average molecular weight is 237 g/mol. The largest absolute Gasteiger partial charge is 0.480 e. The van der Waals surface area contributed by atoms with Crippen molar-refractivity contribution in [1.29, 1.82) is 0 Å². The predicted molar refractivity (Wildman–Crippen MR) is 66.9 cm³/mol. The fourth-order valence-corrected chi connectivity index (χ4v) is 1.96. The van der Waals surface area contributed by atoms with Gasteiger partial charge in [0.2, 0.25) is 0 Å². The van der Waals surface area contributed by atoms with E-state index in [4.69, 9.17) is 4.74 Å². The fourth-order valence-electron chi connectivity index (χ4n) is 1.96. The van der Waals surface area contributed by atoms with E-state index in [0.717, 1.165) is 5.57 Å². The molecule has 0 aliphatic carbocycles. The van der Waals surface area contributed by atoms with Crippen LogP contribution >= 0.6 is 0 Å². The van der Waals surface area contributed by atoms with Crippen LogP contribution in [0.1, 0.15) is 6.42 Å². The van der Waals surface area contributed by atoms with E-state index in [1.54, 1.807) is 12.2 Å². The van der Waals surface area contributed by atoms with Crippen LogP contribution in [0.25, 0.3) is 0 Å². The lowest BCUT2D eigenvalue weighted by molar-refractivity contribution is -0.141. The third-order valence-corrected chi connectivity index (χ3v) is 2.68. The molecule has 94 valence electrons. The Morgan fingerprint density at radius 1 is 1.53 bits per heavy atom. The maximum atomic E-state index is 11.4. The number of hydrogen-bond donors (Lipinski definition) is 1. The summed E-state index contributed by atoms with van der Waals surface area (Å²) in [4.78, 5) is 13.2. The summed E-state index contributed by atoms with van der Waals surface area (Å²) in [5.41, 5.74) is 0.910. The van der Waals surface area contributed by atoms with Crippen molar-refractivity contribution in [3.63, 3.8) is 0 Å². The highest BCUT2D eigenvalue weighted by atomic mass is 16.5. The Bertz CT molecular complexity index is 313. The first kappa shape index (κ1) is 13.7. The van der Waals surface area contributed by atoms with Gasteiger partial charge in [-0.2, -0.15) is 0 Å². The van der Waals surface area contributed by atoms with Gasteiger partial charge in [-0.15, -0.1) is 13.2 Å². The Labute approximate surface area is 102 Å². The van der Waals surface area contributed by atoms with Crippen molar-refractivity contribution in [2.45, 2.75) is 12.5 Å². The molecule has 17 heavy (non-hydrogen) atoms. The number of carboxylic acids is 1. The molecule has 0 radical (unpaired) electrons. The van der Waals surface area contributed by atoms with Crippen molar-refractivity contribution < 1.29 is 14.6 Å². The zero-order valence-corrected chi connectivity index (χ0v) is 9.97. The molecule has 1 N–H and O–H groups in total. The lowest BCUT2D eigenvalue weighted by atomic mass is 10.0. The van der Waals surface area contributed by atoms with Gasteiger partial charge in [0.1, 0.15) is 6.04 Å². The third-order valence-electron chi connectivity index (χ3n) is 2.68. The molecule has 1 heterocycles. The summed E-state index contributed by atoms with van der Waals surface area (Å²) < 4.78 is 5.20. The van der Waals surface area contributed by atoms with E-state index in [2.05, 4.69) is 13.2 Å². The standard InChI is InChI=1S/C13H19NO3/c1-3-7-14(8-4-2)12(13(15)16)11-5-9-17-10-6-11/h3-5,12H,1-2,6-10H2,(H,15,16). The van der Waals surface area contributed by atoms with Crippen molar-refractivity contribution in [2.75, 3.05) is 26.3 Å². The van der Waals surface area contributed by atoms with Crippen LogP contribution in [0, 0.1) is 0 Å². The van der Waals surface area contributed by atoms with E-state index < -0.39 is 12.0 Å². The Morgan fingerprint density at radius 3 is 2.59 bits per heavy atom. The van der Waals surface area contributed by atoms with Gasteiger partial charge < -0.3 is 9.84 Å². The molecule has 1 aliphatic rings. The number of rotatable bonds is 7. The van der Waals surface area contributed by atoms with Crippen LogP contribution in [0.3, 0.4) is 0 Å². The molecule has 4 heteroatoms. The van der Waals surface area contributed by atoms with Crippen molar-refractivity contribution in [3.05, 3.63) is 37.0 Å². The molecule has 0 aromatic rings. The van der Waals surface area contributed by atoms with Crippen molar-refractivity contribution in [1.82, 2.24) is 4.90 Å². The first-order valence-corrected chi connectivity index (χ1v) is 5.66. The molecule has 0 saturated carbocycles. The predicted octanol–water partition coefficient (Wildman–Crippen LogP) is 1.46. The molecule has 0 fully saturated rings. The summed E-state index contributed by atoms with van der Waals surface area (Å²) >= 11 is 0. The highest BCUT2D eigenvalue weighted by Gasteiger charge is 2.28. The molecule has 1 atom stereocenters. The minimum Gasteiger partial charge on any atom is -0.480 e. The van der Waals surface area contributed by atoms with Crippen molar-refractivity contribution in [2.24, 2.45) is 0 Å². The van der Waals surface area contributed by atoms with E-state index in [1.165, 1.54) is 0 Å². The summed E-state index contributed by atoms with van der Waals surface area (Å²) in [5, 5.41) is 9.36. The topological polar surface area (TPSA) is 49.8 Å². The molecular formula is C13H19NO3. The van der Waals surface area contributed by atoms with Crippen molar-refractivity contribution >= 4 is 5.97 Å². The number of hydrogen-bond acceptors (Lipinski definition) is 3. The van der Waals surface area contributed by atoms with Crippen LogP contribution in [0.15, 0.2) is 37.0 Å². The number of nitrogens with zero attached hydrogens (tertiary/aromatic N) is 1. The van der Waals surface area contributed by atoms with Gasteiger partial charge in [0.05, 0.1) is 13.2 Å². The Balaban J connectivity index is 2.87. The molecular weight excluding hydrogens is 218 g/mol. The summed E-state index contributed by atoms with van der Waals surface area (Å²) in [7, 11) is 0. The number of aliphatic carboxylic acids is 1. The van der Waals surface area contributed by atoms with E-state index in [1.807, 2.05) is 11.0 Å². The Hall–Kier alpha value is -1.39. The van der Waals surface area contributed by atoms with E-state index in [9.17, 15) is 9.90 Å². The van der Waals surface area contributed by atoms with Gasteiger partial charge in [-0.1, -0.05) is 18.2 Å². The van der Waals surface area contributed by atoms with Gasteiger partial charge in [-0.05, 0) is 12.0 Å². The van der Waals surface area contributed by atoms with E-state index >= 15 is 0 Å². The minimum absolute atomic E-state index is 0.495. The highest BCUT2D eigenvalue weighted by molar-refractivity contribution is 5.77. The van der Waals surface area contributed by atoms with Gasteiger partial charge >= 0.3 is 5.97 Å². The van der Waals surface area contributed by atoms with Crippen LogP contribution in [-0.2, 0) is 9.53 Å². The molecule has 0 amide bonds. The second-order valence-electron chi connectivity index (χ2n) is 3.88. The van der Waals surface area contributed by atoms with Crippen LogP contribution in [-0.4, -0.2) is 48.3 Å². The summed E-state index contributed by atoms with van der Waals surface area (Å²) in [6, 6.07) is -0.602. The van der Waals surface area contributed by atoms with Gasteiger partial charge in [-0.3, -0.25) is 9.69 Å². The van der Waals surface area contributed by atoms with E-state index in [-0.39, 0.29) is 0 Å². The molecule has 0 aromatic carbocycles. The maximum Gasteiger partial charge on any atom is 0.325 e. The molecule has 1 aliphatic heterocycles. The van der Waals surface area contributed by atoms with Gasteiger partial charge in [0.15, 0.2) is 0 Å². The number of ether oxygens (including phenoxy) is 1. The quantitative estimate of drug-likeness (QED) is 0.681. The SMILES string of the molecule is C=CCN(CC=C)C(C(=O)O)C1=CCOCC1. The maximum absolute atomic E-state index is 11.4. The zero-order chi connectivity index (χ0) is 12.7. The summed E-state index contributed by atoms with van der Waals surface area (Å²) in [6.45, 7) is 9.46. The molecule has 0 spiro atoms.